The molecule has 2 saturated heterocycles. The first kappa shape index (κ1) is 24.6. The predicted molar refractivity (Wildman–Crippen MR) is 138 cm³/mol. The normalized spacial score (nSPS) is 21.9. The zero-order valence-corrected chi connectivity index (χ0v) is 21.0. The Bertz CT molecular complexity index is 1060. The number of hydrogen-bond acceptors (Lipinski definition) is 6. The van der Waals surface area contributed by atoms with Crippen molar-refractivity contribution in [2.24, 2.45) is 5.92 Å². The van der Waals surface area contributed by atoms with E-state index in [4.69, 9.17) is 9.47 Å². The highest BCUT2D eigenvalue weighted by molar-refractivity contribution is 5.82. The lowest BCUT2D eigenvalue weighted by Crippen LogP contribution is -2.62. The van der Waals surface area contributed by atoms with Crippen LogP contribution in [0.2, 0.25) is 0 Å². The highest BCUT2D eigenvalue weighted by atomic mass is 16.5. The second kappa shape index (κ2) is 11.3. The van der Waals surface area contributed by atoms with Crippen LogP contribution in [0.25, 0.3) is 0 Å². The predicted octanol–water partition coefficient (Wildman–Crippen LogP) is 1.58. The van der Waals surface area contributed by atoms with E-state index in [1.54, 1.807) is 7.11 Å². The summed E-state index contributed by atoms with van der Waals surface area (Å²) < 4.78 is 10.9. The van der Waals surface area contributed by atoms with Gasteiger partial charge in [0.25, 0.3) is 0 Å². The Morgan fingerprint density at radius 1 is 1.06 bits per heavy atom. The van der Waals surface area contributed by atoms with Crippen molar-refractivity contribution in [3.8, 4) is 5.75 Å². The van der Waals surface area contributed by atoms with Gasteiger partial charge in [-0.1, -0.05) is 36.4 Å². The Hall–Kier alpha value is -3.10. The maximum atomic E-state index is 13.5. The number of methoxy groups -OCH3 is 1. The minimum absolute atomic E-state index is 0.00701. The Morgan fingerprint density at radius 2 is 1.86 bits per heavy atom. The molecule has 0 aliphatic carbocycles. The molecule has 3 aliphatic rings. The van der Waals surface area contributed by atoms with E-state index >= 15 is 0 Å². The summed E-state index contributed by atoms with van der Waals surface area (Å²) in [5.74, 6) is 0.878. The van der Waals surface area contributed by atoms with Crippen molar-refractivity contribution in [2.75, 3.05) is 71.0 Å². The van der Waals surface area contributed by atoms with Gasteiger partial charge < -0.3 is 24.6 Å². The van der Waals surface area contributed by atoms with Crippen LogP contribution in [0.3, 0.4) is 0 Å². The molecule has 2 aromatic carbocycles. The minimum Gasteiger partial charge on any atom is -0.497 e. The fraction of sp³-hybridized carbons (Fsp3) is 0.500. The van der Waals surface area contributed by atoms with Gasteiger partial charge in [-0.25, -0.2) is 0 Å². The summed E-state index contributed by atoms with van der Waals surface area (Å²) in [6.45, 7) is 5.75. The van der Waals surface area contributed by atoms with Crippen LogP contribution < -0.4 is 15.0 Å². The molecular weight excluding hydrogens is 456 g/mol. The number of amides is 2. The van der Waals surface area contributed by atoms with Gasteiger partial charge in [-0.05, 0) is 30.0 Å². The van der Waals surface area contributed by atoms with Crippen LogP contribution in [0, 0.1) is 5.92 Å². The van der Waals surface area contributed by atoms with Crippen molar-refractivity contribution >= 4 is 17.5 Å². The van der Waals surface area contributed by atoms with Crippen LogP contribution in [0.1, 0.15) is 11.1 Å². The number of carbonyl (C=O) groups is 2. The highest BCUT2D eigenvalue weighted by Crippen LogP contribution is 2.38. The molecule has 0 radical (unpaired) electrons. The van der Waals surface area contributed by atoms with E-state index in [1.165, 1.54) is 11.1 Å². The van der Waals surface area contributed by atoms with Gasteiger partial charge >= 0.3 is 0 Å². The fourth-order valence-electron chi connectivity index (χ4n) is 5.62. The molecule has 0 bridgehead atoms. The molecule has 5 rings (SSSR count). The number of rotatable bonds is 7. The maximum Gasteiger partial charge on any atom is 0.236 e. The summed E-state index contributed by atoms with van der Waals surface area (Å²) in [6, 6.07) is 16.4. The third-order valence-corrected chi connectivity index (χ3v) is 7.62. The summed E-state index contributed by atoms with van der Waals surface area (Å²) in [5, 5.41) is 3.20. The van der Waals surface area contributed by atoms with E-state index in [-0.39, 0.29) is 23.8 Å². The van der Waals surface area contributed by atoms with Crippen molar-refractivity contribution in [1.29, 1.82) is 0 Å². The number of fused-ring (bicyclic) bond motifs is 3. The number of anilines is 1. The van der Waals surface area contributed by atoms with Crippen molar-refractivity contribution in [3.63, 3.8) is 0 Å². The van der Waals surface area contributed by atoms with Gasteiger partial charge in [-0.2, -0.15) is 0 Å². The van der Waals surface area contributed by atoms with Crippen LogP contribution in [0.15, 0.2) is 48.5 Å². The molecule has 2 fully saturated rings. The molecule has 0 spiro atoms. The molecule has 3 aliphatic heterocycles. The molecule has 3 heterocycles. The Balaban J connectivity index is 1.29. The van der Waals surface area contributed by atoms with E-state index < -0.39 is 0 Å². The first-order valence-corrected chi connectivity index (χ1v) is 13.0. The van der Waals surface area contributed by atoms with Crippen molar-refractivity contribution in [1.82, 2.24) is 15.1 Å². The van der Waals surface area contributed by atoms with E-state index in [0.717, 1.165) is 30.9 Å². The Morgan fingerprint density at radius 3 is 2.64 bits per heavy atom. The summed E-state index contributed by atoms with van der Waals surface area (Å²) in [7, 11) is 1.68. The fourth-order valence-corrected chi connectivity index (χ4v) is 5.62. The topological polar surface area (TPSA) is 74.3 Å². The molecule has 0 saturated carbocycles. The van der Waals surface area contributed by atoms with Crippen LogP contribution in [0.4, 0.5) is 5.69 Å². The highest BCUT2D eigenvalue weighted by Gasteiger charge is 2.42. The van der Waals surface area contributed by atoms with Gasteiger partial charge in [0.05, 0.1) is 38.8 Å². The van der Waals surface area contributed by atoms with Crippen LogP contribution in [-0.4, -0.2) is 93.8 Å². The lowest BCUT2D eigenvalue weighted by Gasteiger charge is -2.49. The molecule has 2 amide bonds. The first-order chi connectivity index (χ1) is 17.6. The standard InChI is InChI=1S/C28H36N4O4/c1-35-23-8-7-22-17-24(28(34)29-10-9-21-5-3-2-4-6-21)26-19-30(11-12-32(26)25(22)18-23)20-27(33)31-13-15-36-16-14-31/h2-8,18,24,26H,9-17,19-20H2,1H3,(H,29,34)/t24-,26+/m0/s1. The van der Waals surface area contributed by atoms with Gasteiger partial charge in [0.2, 0.25) is 11.8 Å². The number of morpholine rings is 1. The molecule has 0 unspecified atom stereocenters. The molecule has 2 atom stereocenters. The van der Waals surface area contributed by atoms with Gasteiger partial charge in [-0.15, -0.1) is 0 Å². The number of carbonyl (C=O) groups excluding carboxylic acids is 2. The van der Waals surface area contributed by atoms with Crippen LogP contribution in [-0.2, 0) is 27.2 Å². The number of nitrogens with zero attached hydrogens (tertiary/aromatic N) is 3. The molecular formula is C28H36N4O4. The third-order valence-electron chi connectivity index (χ3n) is 7.62. The van der Waals surface area contributed by atoms with Crippen molar-refractivity contribution < 1.29 is 19.1 Å². The molecule has 8 nitrogen and oxygen atoms in total. The Labute approximate surface area is 213 Å². The lowest BCUT2D eigenvalue weighted by atomic mass is 9.83. The van der Waals surface area contributed by atoms with E-state index in [1.807, 2.05) is 29.2 Å². The SMILES string of the molecule is COc1ccc2c(c1)N1CCN(CC(=O)N3CCOCC3)C[C@@H]1[C@@H](C(=O)NCCc1ccccc1)C2. The number of nitrogens with one attached hydrogen (secondary N) is 1. The largest absolute Gasteiger partial charge is 0.497 e. The van der Waals surface area contributed by atoms with Crippen molar-refractivity contribution in [3.05, 3.63) is 59.7 Å². The quantitative estimate of drug-likeness (QED) is 0.633. The number of ether oxygens (including phenoxy) is 2. The molecule has 192 valence electrons. The van der Waals surface area contributed by atoms with E-state index in [9.17, 15) is 9.59 Å². The maximum absolute atomic E-state index is 13.5. The molecule has 0 aromatic heterocycles. The molecule has 8 heteroatoms. The monoisotopic (exact) mass is 492 g/mol. The van der Waals surface area contributed by atoms with Gasteiger partial charge in [0.1, 0.15) is 5.75 Å². The zero-order chi connectivity index (χ0) is 24.9. The molecule has 36 heavy (non-hydrogen) atoms. The molecule has 1 N–H and O–H groups in total. The minimum atomic E-state index is -0.178. The number of hydrogen-bond donors (Lipinski definition) is 1. The second-order valence-electron chi connectivity index (χ2n) is 9.82. The summed E-state index contributed by atoms with van der Waals surface area (Å²) in [5.41, 5.74) is 3.53. The zero-order valence-electron chi connectivity index (χ0n) is 21.0. The van der Waals surface area contributed by atoms with E-state index in [0.29, 0.717) is 52.4 Å². The van der Waals surface area contributed by atoms with Crippen LogP contribution in [0.5, 0.6) is 5.75 Å². The van der Waals surface area contributed by atoms with Crippen LogP contribution >= 0.6 is 0 Å². The van der Waals surface area contributed by atoms with Gasteiger partial charge in [0, 0.05) is 51.0 Å². The van der Waals surface area contributed by atoms with Crippen molar-refractivity contribution in [2.45, 2.75) is 18.9 Å². The number of benzene rings is 2. The first-order valence-electron chi connectivity index (χ1n) is 13.0. The second-order valence-corrected chi connectivity index (χ2v) is 9.82. The van der Waals surface area contributed by atoms with E-state index in [2.05, 4.69) is 39.4 Å². The average molecular weight is 493 g/mol. The smallest absolute Gasteiger partial charge is 0.236 e. The third kappa shape index (κ3) is 5.50. The van der Waals surface area contributed by atoms with Gasteiger partial charge in [0.15, 0.2) is 0 Å². The van der Waals surface area contributed by atoms with Gasteiger partial charge in [-0.3, -0.25) is 14.5 Å². The number of piperazine rings is 1. The summed E-state index contributed by atoms with van der Waals surface area (Å²) >= 11 is 0. The average Bonchev–Trinajstić information content (AvgIpc) is 2.93. The summed E-state index contributed by atoms with van der Waals surface area (Å²) in [4.78, 5) is 32.9. The molecule has 2 aromatic rings. The lowest BCUT2D eigenvalue weighted by molar-refractivity contribution is -0.136. The summed E-state index contributed by atoms with van der Waals surface area (Å²) in [6.07, 6.45) is 1.49. The Kier molecular flexibility index (Phi) is 7.72.